The Bertz CT molecular complexity index is 447. The lowest BCUT2D eigenvalue weighted by Crippen LogP contribution is -2.40. The Morgan fingerprint density at radius 1 is 1.56 bits per heavy atom. The van der Waals surface area contributed by atoms with Crippen molar-refractivity contribution in [3.05, 3.63) is 21.9 Å². The molecule has 2 atom stereocenters. The van der Waals surface area contributed by atoms with Gasteiger partial charge in [-0.25, -0.2) is 0 Å². The van der Waals surface area contributed by atoms with Crippen LogP contribution in [0.5, 0.6) is 0 Å². The molecule has 0 saturated heterocycles. The number of thiophene rings is 1. The van der Waals surface area contributed by atoms with Gasteiger partial charge in [0.15, 0.2) is 0 Å². The van der Waals surface area contributed by atoms with E-state index in [9.17, 15) is 9.90 Å². The lowest BCUT2D eigenvalue weighted by Gasteiger charge is -2.25. The third kappa shape index (κ3) is 3.12. The first-order valence-electron chi connectivity index (χ1n) is 6.31. The lowest BCUT2D eigenvalue weighted by atomic mass is 10.1. The van der Waals surface area contributed by atoms with E-state index in [2.05, 4.69) is 19.1 Å². The van der Waals surface area contributed by atoms with Crippen LogP contribution in [0.25, 0.3) is 0 Å². The molecule has 2 unspecified atom stereocenters. The highest BCUT2D eigenvalue weighted by atomic mass is 32.1. The van der Waals surface area contributed by atoms with Gasteiger partial charge in [-0.3, -0.25) is 4.79 Å². The Kier molecular flexibility index (Phi) is 3.52. The summed E-state index contributed by atoms with van der Waals surface area (Å²) in [6, 6.07) is 4.24. The van der Waals surface area contributed by atoms with E-state index < -0.39 is 5.60 Å². The summed E-state index contributed by atoms with van der Waals surface area (Å²) in [6.07, 6.45) is 0.953. The van der Waals surface area contributed by atoms with Crippen molar-refractivity contribution >= 4 is 17.2 Å². The minimum Gasteiger partial charge on any atom is -0.389 e. The maximum absolute atomic E-state index is 12.2. The van der Waals surface area contributed by atoms with Crippen LogP contribution in [0, 0.1) is 12.8 Å². The number of carbonyl (C=O) groups is 1. The first-order chi connectivity index (χ1) is 8.28. The monoisotopic (exact) mass is 267 g/mol. The van der Waals surface area contributed by atoms with Crippen LogP contribution in [0.1, 0.15) is 35.9 Å². The van der Waals surface area contributed by atoms with E-state index >= 15 is 0 Å². The van der Waals surface area contributed by atoms with Gasteiger partial charge in [0.2, 0.25) is 5.91 Å². The SMILES string of the molecule is Cc1ccc(C2CC2C(=O)N(C)CC(C)(C)O)s1. The van der Waals surface area contributed by atoms with Gasteiger partial charge in [-0.2, -0.15) is 0 Å². The molecule has 0 aromatic carbocycles. The van der Waals surface area contributed by atoms with Crippen molar-refractivity contribution in [3.63, 3.8) is 0 Å². The van der Waals surface area contributed by atoms with Crippen LogP contribution in [0.15, 0.2) is 12.1 Å². The average molecular weight is 267 g/mol. The lowest BCUT2D eigenvalue weighted by molar-refractivity contribution is -0.134. The molecule has 1 aromatic rings. The summed E-state index contributed by atoms with van der Waals surface area (Å²) < 4.78 is 0. The summed E-state index contributed by atoms with van der Waals surface area (Å²) in [5.74, 6) is 0.684. The molecule has 4 heteroatoms. The van der Waals surface area contributed by atoms with Crippen molar-refractivity contribution in [1.82, 2.24) is 4.90 Å². The summed E-state index contributed by atoms with van der Waals surface area (Å²) >= 11 is 1.78. The van der Waals surface area contributed by atoms with Crippen LogP contribution in [-0.2, 0) is 4.79 Å². The summed E-state index contributed by atoms with van der Waals surface area (Å²) in [6.45, 7) is 5.93. The van der Waals surface area contributed by atoms with Gasteiger partial charge < -0.3 is 10.0 Å². The smallest absolute Gasteiger partial charge is 0.226 e. The molecule has 100 valence electrons. The zero-order valence-electron chi connectivity index (χ0n) is 11.4. The molecule has 1 aliphatic rings. The van der Waals surface area contributed by atoms with Crippen molar-refractivity contribution < 1.29 is 9.90 Å². The van der Waals surface area contributed by atoms with E-state index in [0.29, 0.717) is 12.5 Å². The van der Waals surface area contributed by atoms with Crippen molar-refractivity contribution in [2.45, 2.75) is 38.7 Å². The van der Waals surface area contributed by atoms with Gasteiger partial charge >= 0.3 is 0 Å². The van der Waals surface area contributed by atoms with Crippen LogP contribution in [0.3, 0.4) is 0 Å². The maximum atomic E-state index is 12.2. The van der Waals surface area contributed by atoms with E-state index in [1.54, 1.807) is 37.1 Å². The molecule has 1 fully saturated rings. The van der Waals surface area contributed by atoms with Gasteiger partial charge in [0.25, 0.3) is 0 Å². The third-order valence-electron chi connectivity index (χ3n) is 3.23. The largest absolute Gasteiger partial charge is 0.389 e. The molecule has 18 heavy (non-hydrogen) atoms. The zero-order chi connectivity index (χ0) is 13.5. The highest BCUT2D eigenvalue weighted by molar-refractivity contribution is 7.12. The summed E-state index contributed by atoms with van der Waals surface area (Å²) in [7, 11) is 1.77. The second kappa shape index (κ2) is 4.67. The standard InChI is InChI=1S/C14H21NO2S/c1-9-5-6-12(18-9)10-7-11(10)13(16)15(4)8-14(2,3)17/h5-6,10-11,17H,7-8H2,1-4H3. The highest BCUT2D eigenvalue weighted by Gasteiger charge is 2.46. The summed E-state index contributed by atoms with van der Waals surface area (Å²) in [4.78, 5) is 16.5. The molecule has 1 amide bonds. The normalized spacial score (nSPS) is 22.9. The topological polar surface area (TPSA) is 40.5 Å². The first-order valence-corrected chi connectivity index (χ1v) is 7.13. The second-order valence-corrected chi connectivity index (χ2v) is 7.22. The van der Waals surface area contributed by atoms with E-state index in [4.69, 9.17) is 0 Å². The van der Waals surface area contributed by atoms with Crippen molar-refractivity contribution in [2.75, 3.05) is 13.6 Å². The van der Waals surface area contributed by atoms with Gasteiger partial charge in [0, 0.05) is 35.2 Å². The minimum atomic E-state index is -0.825. The Labute approximate surface area is 112 Å². The van der Waals surface area contributed by atoms with Crippen molar-refractivity contribution in [1.29, 1.82) is 0 Å². The molecule has 1 heterocycles. The quantitative estimate of drug-likeness (QED) is 0.910. The van der Waals surface area contributed by atoms with E-state index in [0.717, 1.165) is 6.42 Å². The van der Waals surface area contributed by atoms with Gasteiger partial charge in [0.1, 0.15) is 0 Å². The number of amides is 1. The number of hydrogen-bond acceptors (Lipinski definition) is 3. The number of aliphatic hydroxyl groups is 1. The van der Waals surface area contributed by atoms with Crippen LogP contribution < -0.4 is 0 Å². The molecule has 1 aromatic heterocycles. The fourth-order valence-corrected chi connectivity index (χ4v) is 3.43. The summed E-state index contributed by atoms with van der Waals surface area (Å²) in [5.41, 5.74) is -0.825. The van der Waals surface area contributed by atoms with Gasteiger partial charge in [0.05, 0.1) is 5.60 Å². The van der Waals surface area contributed by atoms with E-state index in [1.807, 2.05) is 0 Å². The fourth-order valence-electron chi connectivity index (χ4n) is 2.38. The van der Waals surface area contributed by atoms with E-state index in [1.165, 1.54) is 9.75 Å². The number of aryl methyl sites for hydroxylation is 1. The second-order valence-electron chi connectivity index (χ2n) is 5.90. The molecule has 0 bridgehead atoms. The molecule has 1 saturated carbocycles. The fraction of sp³-hybridized carbons (Fsp3) is 0.643. The molecule has 2 rings (SSSR count). The van der Waals surface area contributed by atoms with Crippen molar-refractivity contribution in [3.8, 4) is 0 Å². The number of hydrogen-bond donors (Lipinski definition) is 1. The predicted octanol–water partition coefficient (Wildman–Crippen LogP) is 2.39. The molecule has 1 aliphatic carbocycles. The number of nitrogens with zero attached hydrogens (tertiary/aromatic N) is 1. The van der Waals surface area contributed by atoms with Crippen LogP contribution in [0.2, 0.25) is 0 Å². The average Bonchev–Trinajstić information content (AvgIpc) is 2.91. The third-order valence-corrected chi connectivity index (χ3v) is 4.37. The molecule has 1 N–H and O–H groups in total. The highest BCUT2D eigenvalue weighted by Crippen LogP contribution is 2.50. The number of carbonyl (C=O) groups excluding carboxylic acids is 1. The zero-order valence-corrected chi connectivity index (χ0v) is 12.3. The molecular weight excluding hydrogens is 246 g/mol. The van der Waals surface area contributed by atoms with Crippen LogP contribution in [-0.4, -0.2) is 35.1 Å². The van der Waals surface area contributed by atoms with Gasteiger partial charge in [-0.05, 0) is 39.3 Å². The molecule has 0 radical (unpaired) electrons. The summed E-state index contributed by atoms with van der Waals surface area (Å²) in [5, 5.41) is 9.73. The number of rotatable bonds is 4. The number of likely N-dealkylation sites (N-methyl/N-ethyl adjacent to an activating group) is 1. The van der Waals surface area contributed by atoms with Crippen molar-refractivity contribution in [2.24, 2.45) is 5.92 Å². The Balaban J connectivity index is 1.93. The van der Waals surface area contributed by atoms with Crippen LogP contribution in [0.4, 0.5) is 0 Å². The van der Waals surface area contributed by atoms with Crippen LogP contribution >= 0.6 is 11.3 Å². The molecule has 3 nitrogen and oxygen atoms in total. The van der Waals surface area contributed by atoms with E-state index in [-0.39, 0.29) is 11.8 Å². The predicted molar refractivity (Wildman–Crippen MR) is 73.8 cm³/mol. The van der Waals surface area contributed by atoms with Gasteiger partial charge in [-0.1, -0.05) is 0 Å². The van der Waals surface area contributed by atoms with Gasteiger partial charge in [-0.15, -0.1) is 11.3 Å². The maximum Gasteiger partial charge on any atom is 0.226 e. The minimum absolute atomic E-state index is 0.121. The Morgan fingerprint density at radius 2 is 2.22 bits per heavy atom. The molecular formula is C14H21NO2S. The molecule has 0 aliphatic heterocycles. The first kappa shape index (κ1) is 13.6. The Morgan fingerprint density at radius 3 is 2.72 bits per heavy atom. The Hall–Kier alpha value is -0.870. The molecule has 0 spiro atoms.